The van der Waals surface area contributed by atoms with Gasteiger partial charge in [0.05, 0.1) is 29.4 Å². The van der Waals surface area contributed by atoms with Gasteiger partial charge in [-0.3, -0.25) is 9.59 Å². The number of aliphatic carboxylic acids is 1. The van der Waals surface area contributed by atoms with E-state index in [1.165, 1.54) is 0 Å². The molecule has 1 aromatic carbocycles. The van der Waals surface area contributed by atoms with Crippen molar-refractivity contribution in [1.29, 1.82) is 0 Å². The minimum Gasteiger partial charge on any atom is -0.481 e. The summed E-state index contributed by atoms with van der Waals surface area (Å²) < 4.78 is 5.38. The van der Waals surface area contributed by atoms with Crippen LogP contribution in [-0.4, -0.2) is 35.2 Å². The lowest BCUT2D eigenvalue weighted by atomic mass is 10.0. The van der Waals surface area contributed by atoms with Crippen molar-refractivity contribution in [2.24, 2.45) is 17.8 Å². The molecule has 7 nitrogen and oxygen atoms in total. The fourth-order valence-electron chi connectivity index (χ4n) is 4.49. The smallest absolute Gasteiger partial charge is 0.307 e. The van der Waals surface area contributed by atoms with Gasteiger partial charge in [-0.05, 0) is 54.7 Å². The Morgan fingerprint density at radius 2 is 1.85 bits per heavy atom. The van der Waals surface area contributed by atoms with Crippen LogP contribution in [-0.2, 0) is 16.0 Å². The van der Waals surface area contributed by atoms with Gasteiger partial charge in [0.1, 0.15) is 5.76 Å². The van der Waals surface area contributed by atoms with Crippen LogP contribution >= 0.6 is 0 Å². The zero-order valence-electron chi connectivity index (χ0n) is 20.0. The maximum Gasteiger partial charge on any atom is 0.307 e. The molecule has 33 heavy (non-hydrogen) atoms. The van der Waals surface area contributed by atoms with Gasteiger partial charge in [-0.1, -0.05) is 38.9 Å². The van der Waals surface area contributed by atoms with Crippen molar-refractivity contribution in [3.63, 3.8) is 0 Å². The molecule has 2 aliphatic carbocycles. The molecule has 0 bridgehead atoms. The Labute approximate surface area is 195 Å². The van der Waals surface area contributed by atoms with Crippen molar-refractivity contribution < 1.29 is 19.2 Å². The molecule has 7 heteroatoms. The molecule has 1 amide bonds. The SMILES string of the molecule is CC(C)CN(CC(C)C)c1ccc([C@H]2C[C@H]2C(=O)O)cc1NC(=O)Cc1cc(C2CC2)no1. The normalized spacial score (nSPS) is 19.7. The molecule has 1 aromatic heterocycles. The van der Waals surface area contributed by atoms with E-state index in [4.69, 9.17) is 4.52 Å². The highest BCUT2D eigenvalue weighted by molar-refractivity contribution is 5.95. The van der Waals surface area contributed by atoms with Crippen molar-refractivity contribution in [3.05, 3.63) is 41.3 Å². The summed E-state index contributed by atoms with van der Waals surface area (Å²) in [5, 5.41) is 16.5. The fourth-order valence-corrected chi connectivity index (χ4v) is 4.49. The number of hydrogen-bond acceptors (Lipinski definition) is 5. The molecule has 2 aromatic rings. The molecule has 0 saturated heterocycles. The van der Waals surface area contributed by atoms with Crippen LogP contribution in [0, 0.1) is 17.8 Å². The highest BCUT2D eigenvalue weighted by atomic mass is 16.5. The first-order chi connectivity index (χ1) is 15.7. The molecule has 2 fully saturated rings. The van der Waals surface area contributed by atoms with Crippen LogP contribution in [0.3, 0.4) is 0 Å². The van der Waals surface area contributed by atoms with E-state index in [0.717, 1.165) is 48.6 Å². The lowest BCUT2D eigenvalue weighted by Crippen LogP contribution is -2.32. The van der Waals surface area contributed by atoms with Gasteiger partial charge < -0.3 is 19.8 Å². The zero-order valence-corrected chi connectivity index (χ0v) is 20.0. The summed E-state index contributed by atoms with van der Waals surface area (Å²) in [5.74, 6) is 0.725. The predicted molar refractivity (Wildman–Crippen MR) is 128 cm³/mol. The summed E-state index contributed by atoms with van der Waals surface area (Å²) in [7, 11) is 0. The van der Waals surface area contributed by atoms with Gasteiger partial charge in [-0.25, -0.2) is 0 Å². The third-order valence-electron chi connectivity index (χ3n) is 6.25. The van der Waals surface area contributed by atoms with Crippen molar-refractivity contribution >= 4 is 23.3 Å². The second kappa shape index (κ2) is 9.57. The third-order valence-corrected chi connectivity index (χ3v) is 6.25. The number of nitrogens with zero attached hydrogens (tertiary/aromatic N) is 2. The first-order valence-corrected chi connectivity index (χ1v) is 12.1. The third kappa shape index (κ3) is 5.95. The van der Waals surface area contributed by atoms with Crippen LogP contribution in [0.25, 0.3) is 0 Å². The summed E-state index contributed by atoms with van der Waals surface area (Å²) in [6.07, 6.45) is 3.04. The van der Waals surface area contributed by atoms with E-state index in [-0.39, 0.29) is 24.2 Å². The number of benzene rings is 1. The number of carbonyl (C=O) groups is 2. The Morgan fingerprint density at radius 3 is 2.42 bits per heavy atom. The topological polar surface area (TPSA) is 95.7 Å². The van der Waals surface area contributed by atoms with E-state index in [1.54, 1.807) is 0 Å². The maximum atomic E-state index is 13.0. The molecule has 0 radical (unpaired) electrons. The Morgan fingerprint density at radius 1 is 1.15 bits per heavy atom. The van der Waals surface area contributed by atoms with Crippen LogP contribution in [0.5, 0.6) is 0 Å². The van der Waals surface area contributed by atoms with Gasteiger partial charge in [0.25, 0.3) is 0 Å². The largest absolute Gasteiger partial charge is 0.481 e. The van der Waals surface area contributed by atoms with Crippen LogP contribution in [0.4, 0.5) is 11.4 Å². The first kappa shape index (κ1) is 23.3. The quantitative estimate of drug-likeness (QED) is 0.495. The molecule has 4 rings (SSSR count). The molecule has 0 spiro atoms. The van der Waals surface area contributed by atoms with Crippen molar-refractivity contribution in [1.82, 2.24) is 5.16 Å². The van der Waals surface area contributed by atoms with Gasteiger partial charge in [0.15, 0.2) is 0 Å². The van der Waals surface area contributed by atoms with Crippen molar-refractivity contribution in [2.75, 3.05) is 23.3 Å². The summed E-state index contributed by atoms with van der Waals surface area (Å²) in [6.45, 7) is 10.5. The Kier molecular flexibility index (Phi) is 6.77. The Bertz CT molecular complexity index is 999. The number of hydrogen-bond donors (Lipinski definition) is 2. The molecule has 2 aliphatic rings. The number of carbonyl (C=O) groups excluding carboxylic acids is 1. The molecular weight excluding hydrogens is 418 g/mol. The van der Waals surface area contributed by atoms with E-state index in [2.05, 4.69) is 43.1 Å². The van der Waals surface area contributed by atoms with E-state index in [9.17, 15) is 14.7 Å². The number of anilines is 2. The number of carboxylic acid groups (broad SMARTS) is 1. The summed E-state index contributed by atoms with van der Waals surface area (Å²) in [4.78, 5) is 26.7. The number of aromatic nitrogens is 1. The molecule has 2 N–H and O–H groups in total. The number of rotatable bonds is 11. The van der Waals surface area contributed by atoms with E-state index in [0.29, 0.717) is 29.9 Å². The summed E-state index contributed by atoms with van der Waals surface area (Å²) in [6, 6.07) is 7.90. The number of amides is 1. The first-order valence-electron chi connectivity index (χ1n) is 12.1. The zero-order chi connectivity index (χ0) is 23.7. The average molecular weight is 454 g/mol. The Balaban J connectivity index is 1.57. The molecule has 0 unspecified atom stereocenters. The molecule has 0 aliphatic heterocycles. The van der Waals surface area contributed by atoms with Crippen LogP contribution in [0.15, 0.2) is 28.8 Å². The average Bonchev–Trinajstić information content (AvgIpc) is 3.64. The van der Waals surface area contributed by atoms with Crippen molar-refractivity contribution in [2.45, 2.75) is 65.2 Å². The molecular formula is C26H35N3O4. The van der Waals surface area contributed by atoms with Crippen molar-refractivity contribution in [3.8, 4) is 0 Å². The van der Waals surface area contributed by atoms with Crippen LogP contribution in [0.2, 0.25) is 0 Å². The minimum absolute atomic E-state index is 0.00576. The van der Waals surface area contributed by atoms with Crippen LogP contribution in [0.1, 0.15) is 75.8 Å². The second-order valence-corrected chi connectivity index (χ2v) is 10.5. The van der Waals surface area contributed by atoms with E-state index in [1.807, 2.05) is 24.3 Å². The van der Waals surface area contributed by atoms with Gasteiger partial charge in [0, 0.05) is 25.1 Å². The minimum atomic E-state index is -0.757. The predicted octanol–water partition coefficient (Wildman–Crippen LogP) is 5.04. The molecule has 2 saturated carbocycles. The standard InChI is InChI=1S/C26H35N3O4/c1-15(2)13-29(14-16(3)4)24-8-7-18(20-12-21(20)26(31)32)9-23(24)27-25(30)11-19-10-22(28-33-19)17-5-6-17/h7-10,15-17,20-21H,5-6,11-14H2,1-4H3,(H,27,30)(H,31,32)/t20-,21-/m1/s1. The van der Waals surface area contributed by atoms with E-state index >= 15 is 0 Å². The summed E-state index contributed by atoms with van der Waals surface area (Å²) >= 11 is 0. The number of nitrogens with one attached hydrogen (secondary N) is 1. The number of carboxylic acids is 1. The summed E-state index contributed by atoms with van der Waals surface area (Å²) in [5.41, 5.74) is 3.61. The lowest BCUT2D eigenvalue weighted by molar-refractivity contribution is -0.138. The Hall–Kier alpha value is -2.83. The van der Waals surface area contributed by atoms with Gasteiger partial charge in [-0.15, -0.1) is 0 Å². The molecule has 1 heterocycles. The monoisotopic (exact) mass is 453 g/mol. The second-order valence-electron chi connectivity index (χ2n) is 10.5. The van der Waals surface area contributed by atoms with Crippen LogP contribution < -0.4 is 10.2 Å². The molecule has 178 valence electrons. The highest BCUT2D eigenvalue weighted by Crippen LogP contribution is 2.49. The fraction of sp³-hybridized carbons (Fsp3) is 0.577. The molecule has 2 atom stereocenters. The van der Waals surface area contributed by atoms with Gasteiger partial charge >= 0.3 is 5.97 Å². The highest BCUT2D eigenvalue weighted by Gasteiger charge is 2.44. The van der Waals surface area contributed by atoms with Gasteiger partial charge in [-0.2, -0.15) is 0 Å². The maximum absolute atomic E-state index is 13.0. The van der Waals surface area contributed by atoms with Gasteiger partial charge in [0.2, 0.25) is 5.91 Å². The van der Waals surface area contributed by atoms with E-state index < -0.39 is 5.97 Å². The lowest BCUT2D eigenvalue weighted by Gasteiger charge is -2.30.